The van der Waals surface area contributed by atoms with E-state index in [9.17, 15) is 8.22 Å². The molecule has 0 N–H and O–H groups in total. The van der Waals surface area contributed by atoms with E-state index in [1.807, 2.05) is 30.3 Å². The lowest BCUT2D eigenvalue weighted by molar-refractivity contribution is 0.195. The Morgan fingerprint density at radius 3 is 1.90 bits per heavy atom. The van der Waals surface area contributed by atoms with Crippen LogP contribution in [0.5, 0.6) is 0 Å². The Hall–Kier alpha value is -5.22. The van der Waals surface area contributed by atoms with Gasteiger partial charge in [-0.2, -0.15) is 0 Å². The molecule has 10 rings (SSSR count). The summed E-state index contributed by atoms with van der Waals surface area (Å²) in [6.45, 7) is 3.86. The van der Waals surface area contributed by atoms with Gasteiger partial charge in [0, 0.05) is 50.8 Å². The Balaban J connectivity index is 1.48. The molecule has 3 heterocycles. The zero-order valence-corrected chi connectivity index (χ0v) is 26.4. The van der Waals surface area contributed by atoms with Crippen molar-refractivity contribution in [1.29, 1.82) is 0 Å². The van der Waals surface area contributed by atoms with Crippen LogP contribution in [0.25, 0.3) is 0 Å². The second-order valence-electron chi connectivity index (χ2n) is 13.3. The Labute approximate surface area is 305 Å². The molecule has 4 aliphatic rings. The van der Waals surface area contributed by atoms with Crippen molar-refractivity contribution in [3.63, 3.8) is 0 Å². The van der Waals surface area contributed by atoms with E-state index in [-0.39, 0.29) is 11.4 Å². The van der Waals surface area contributed by atoms with Crippen molar-refractivity contribution in [2.24, 2.45) is 0 Å². The summed E-state index contributed by atoms with van der Waals surface area (Å²) in [7, 11) is 0. The average Bonchev–Trinajstić information content (AvgIpc) is 3.50. The minimum atomic E-state index is -0.787. The van der Waals surface area contributed by atoms with Gasteiger partial charge in [-0.1, -0.05) is 111 Å². The summed E-state index contributed by atoms with van der Waals surface area (Å²) in [4.78, 5) is 5.17. The molecule has 6 aromatic carbocycles. The topological polar surface area (TPSA) is 9.72 Å². The molecule has 4 heteroatoms. The van der Waals surface area contributed by atoms with Crippen molar-refractivity contribution >= 4 is 68.6 Å². The van der Waals surface area contributed by atoms with Crippen LogP contribution < -0.4 is 31.1 Å². The van der Waals surface area contributed by atoms with Crippen molar-refractivity contribution in [2.45, 2.75) is 50.5 Å². The minimum Gasteiger partial charge on any atom is -0.335 e. The summed E-state index contributed by atoms with van der Waals surface area (Å²) in [5.74, 6) is 0. The van der Waals surface area contributed by atoms with Gasteiger partial charge >= 0.3 is 0 Å². The molecule has 0 spiro atoms. The van der Waals surface area contributed by atoms with Crippen LogP contribution in [0.15, 0.2) is 145 Å². The second kappa shape index (κ2) is 10.1. The lowest BCUT2D eigenvalue weighted by Gasteiger charge is -2.52. The zero-order chi connectivity index (χ0) is 45.1. The van der Waals surface area contributed by atoms with Crippen LogP contribution in [-0.4, -0.2) is 12.3 Å². The van der Waals surface area contributed by atoms with Gasteiger partial charge in [0.25, 0.3) is 6.71 Å². The molecule has 1 saturated carbocycles. The van der Waals surface area contributed by atoms with Crippen molar-refractivity contribution < 1.29 is 20.6 Å². The molecule has 48 heavy (non-hydrogen) atoms. The first-order chi connectivity index (χ1) is 29.8. The number of fused-ring (bicyclic) bond motifs is 8. The van der Waals surface area contributed by atoms with Crippen molar-refractivity contribution in [3.05, 3.63) is 151 Å². The maximum absolute atomic E-state index is 9.39. The standard InChI is InChI=1S/C44H38BN3/c1-43-28-16-17-29-44(43,2)48-37-27-15-13-25-35(37)45-34-24-12-14-26-36(34)47(33-22-10-5-11-23-33)39-30-38(40(43)42(48)41(39)45)46(31-18-6-3-7-19-31)32-20-8-4-9-21-32/h3-15,18-27,30H,16-17,28-29H2,1-2H3/i3D,4D,5D,6D,7D,8D,9D,10D,11D,18D,19D,20D,21D,22D,23D. The van der Waals surface area contributed by atoms with Crippen LogP contribution in [0.4, 0.5) is 45.5 Å². The number of hydrogen-bond donors (Lipinski definition) is 0. The van der Waals surface area contributed by atoms with Crippen molar-refractivity contribution in [2.75, 3.05) is 14.7 Å². The minimum absolute atomic E-state index is 0.149. The molecule has 0 aromatic heterocycles. The molecule has 1 aliphatic carbocycles. The maximum atomic E-state index is 9.39. The van der Waals surface area contributed by atoms with Crippen LogP contribution in [0.1, 0.15) is 65.7 Å². The van der Waals surface area contributed by atoms with Crippen LogP contribution in [-0.2, 0) is 5.41 Å². The highest BCUT2D eigenvalue weighted by atomic mass is 15.3. The van der Waals surface area contributed by atoms with E-state index in [4.69, 9.17) is 12.3 Å². The van der Waals surface area contributed by atoms with Crippen LogP contribution in [0, 0.1) is 0 Å². The number of para-hydroxylation sites is 5. The second-order valence-corrected chi connectivity index (χ2v) is 13.3. The van der Waals surface area contributed by atoms with Gasteiger partial charge in [0.1, 0.15) is 0 Å². The summed E-state index contributed by atoms with van der Waals surface area (Å²) >= 11 is 0. The molecular weight excluding hydrogens is 581 g/mol. The highest BCUT2D eigenvalue weighted by molar-refractivity contribution is 7.00. The monoisotopic (exact) mass is 634 g/mol. The molecule has 0 bridgehead atoms. The van der Waals surface area contributed by atoms with Gasteiger partial charge in [0.05, 0.1) is 31.8 Å². The Morgan fingerprint density at radius 2 is 1.23 bits per heavy atom. The summed E-state index contributed by atoms with van der Waals surface area (Å²) in [5.41, 5.74) is 3.32. The number of benzene rings is 6. The largest absolute Gasteiger partial charge is 0.335 e. The fraction of sp³-hybridized carbons (Fsp3) is 0.182. The van der Waals surface area contributed by atoms with E-state index in [0.29, 0.717) is 35.5 Å². The smallest absolute Gasteiger partial charge is 0.252 e. The van der Waals surface area contributed by atoms with E-state index in [1.165, 1.54) is 4.90 Å². The lowest BCUT2D eigenvalue weighted by Crippen LogP contribution is -2.64. The fourth-order valence-corrected chi connectivity index (χ4v) is 9.10. The Morgan fingerprint density at radius 1 is 0.667 bits per heavy atom. The first-order valence-corrected chi connectivity index (χ1v) is 16.3. The van der Waals surface area contributed by atoms with E-state index in [1.54, 1.807) is 17.0 Å². The van der Waals surface area contributed by atoms with Gasteiger partial charge in [0.15, 0.2) is 0 Å². The number of anilines is 8. The van der Waals surface area contributed by atoms with Gasteiger partial charge in [-0.15, -0.1) is 0 Å². The molecule has 6 aromatic rings. The van der Waals surface area contributed by atoms with Gasteiger partial charge in [-0.3, -0.25) is 0 Å². The highest BCUT2D eigenvalue weighted by Crippen LogP contribution is 2.65. The highest BCUT2D eigenvalue weighted by Gasteiger charge is 2.62. The first kappa shape index (κ1) is 16.7. The fourth-order valence-electron chi connectivity index (χ4n) is 9.10. The first-order valence-electron chi connectivity index (χ1n) is 23.8. The Bertz CT molecular complexity index is 2910. The van der Waals surface area contributed by atoms with Gasteiger partial charge in [-0.05, 0) is 90.6 Å². The van der Waals surface area contributed by atoms with Crippen LogP contribution in [0.2, 0.25) is 0 Å². The predicted octanol–water partition coefficient (Wildman–Crippen LogP) is 9.51. The molecule has 0 radical (unpaired) electrons. The summed E-state index contributed by atoms with van der Waals surface area (Å²) in [6, 6.07) is 7.78. The molecule has 1 fully saturated rings. The molecule has 2 unspecified atom stereocenters. The molecule has 232 valence electrons. The average molecular weight is 635 g/mol. The predicted molar refractivity (Wildman–Crippen MR) is 203 cm³/mol. The van der Waals surface area contributed by atoms with E-state index in [0.717, 1.165) is 34.9 Å². The molecular formula is C44H38BN3. The molecule has 0 amide bonds. The molecule has 3 nitrogen and oxygen atoms in total. The summed E-state index contributed by atoms with van der Waals surface area (Å²) in [6.07, 6.45) is 3.01. The van der Waals surface area contributed by atoms with Crippen LogP contribution >= 0.6 is 0 Å². The van der Waals surface area contributed by atoms with E-state index in [2.05, 4.69) is 30.9 Å². The third kappa shape index (κ3) is 3.55. The molecule has 3 aliphatic heterocycles. The lowest BCUT2D eigenvalue weighted by atomic mass is 9.33. The quantitative estimate of drug-likeness (QED) is 0.179. The molecule has 0 saturated heterocycles. The normalized spacial score (nSPS) is 25.6. The summed E-state index contributed by atoms with van der Waals surface area (Å²) < 4.78 is 135. The summed E-state index contributed by atoms with van der Waals surface area (Å²) in [5, 5.41) is 0. The number of hydrogen-bond acceptors (Lipinski definition) is 3. The van der Waals surface area contributed by atoms with Gasteiger partial charge < -0.3 is 14.7 Å². The third-order valence-corrected chi connectivity index (χ3v) is 11.2. The maximum Gasteiger partial charge on any atom is 0.252 e. The van der Waals surface area contributed by atoms with E-state index >= 15 is 0 Å². The van der Waals surface area contributed by atoms with E-state index < -0.39 is 120 Å². The van der Waals surface area contributed by atoms with Crippen LogP contribution in [0.3, 0.4) is 0 Å². The zero-order valence-electron chi connectivity index (χ0n) is 41.4. The van der Waals surface area contributed by atoms with Crippen molar-refractivity contribution in [1.82, 2.24) is 0 Å². The van der Waals surface area contributed by atoms with Gasteiger partial charge in [-0.25, -0.2) is 0 Å². The molecule has 2 atom stereocenters. The third-order valence-electron chi connectivity index (χ3n) is 11.2. The SMILES string of the molecule is [2H]c1c([2H])c([2H])c(N2c3ccccc3B3c4ccccc4N4c5c3c2cc(N(c2c([2H])c([2H])c([2H])c([2H])c2[2H])c2c([2H])c([2H])c([2H])c([2H])c2[2H])c5C2(C)CCCCC42C)c([2H])c1[2H]. The van der Waals surface area contributed by atoms with Crippen molar-refractivity contribution in [3.8, 4) is 0 Å². The van der Waals surface area contributed by atoms with Gasteiger partial charge in [0.2, 0.25) is 0 Å². The number of rotatable bonds is 4. The number of nitrogens with zero attached hydrogens (tertiary/aromatic N) is 3. The Kier molecular flexibility index (Phi) is 3.54.